The summed E-state index contributed by atoms with van der Waals surface area (Å²) in [6.45, 7) is 2.16. The Morgan fingerprint density at radius 1 is 0.757 bits per heavy atom. The summed E-state index contributed by atoms with van der Waals surface area (Å²) in [5.41, 5.74) is -0.481. The molecule has 0 aliphatic heterocycles. The Labute approximate surface area is 225 Å². The van der Waals surface area contributed by atoms with Crippen molar-refractivity contribution in [3.63, 3.8) is 0 Å². The molecule has 0 heterocycles. The first-order chi connectivity index (χ1) is 18.0. The Bertz CT molecular complexity index is 1270. The molecule has 4 heteroatoms. The van der Waals surface area contributed by atoms with Gasteiger partial charge >= 0.3 is 0 Å². The molecule has 1 fully saturated rings. The van der Waals surface area contributed by atoms with E-state index in [1.54, 1.807) is 11.8 Å². The van der Waals surface area contributed by atoms with Gasteiger partial charge in [-0.25, -0.2) is 0 Å². The molecule has 0 bridgehead atoms. The van der Waals surface area contributed by atoms with E-state index in [-0.39, 0.29) is 11.2 Å². The van der Waals surface area contributed by atoms with Crippen molar-refractivity contribution >= 4 is 29.5 Å². The summed E-state index contributed by atoms with van der Waals surface area (Å²) in [6.07, 6.45) is 3.55. The van der Waals surface area contributed by atoms with Crippen LogP contribution in [0.3, 0.4) is 0 Å². The average Bonchev–Trinajstić information content (AvgIpc) is 2.96. The fourth-order valence-electron chi connectivity index (χ4n) is 6.08. The molecule has 4 aromatic carbocycles. The lowest BCUT2D eigenvalue weighted by molar-refractivity contribution is 0.00139. The van der Waals surface area contributed by atoms with Crippen LogP contribution >= 0.6 is 18.9 Å². The van der Waals surface area contributed by atoms with Crippen molar-refractivity contribution in [2.45, 2.75) is 59.9 Å². The summed E-state index contributed by atoms with van der Waals surface area (Å²) in [7, 11) is -3.30. The van der Waals surface area contributed by atoms with E-state index in [1.807, 2.05) is 97.1 Å². The second kappa shape index (κ2) is 11.4. The quantitative estimate of drug-likeness (QED) is 0.240. The largest absolute Gasteiger partial charge is 0.388 e. The molecule has 1 saturated carbocycles. The van der Waals surface area contributed by atoms with Crippen molar-refractivity contribution in [1.82, 2.24) is 0 Å². The Morgan fingerprint density at radius 2 is 1.24 bits per heavy atom. The Balaban J connectivity index is 1.72. The molecule has 37 heavy (non-hydrogen) atoms. The van der Waals surface area contributed by atoms with Crippen molar-refractivity contribution in [2.24, 2.45) is 0 Å². The van der Waals surface area contributed by atoms with E-state index in [0.29, 0.717) is 6.42 Å². The van der Waals surface area contributed by atoms with Gasteiger partial charge in [-0.2, -0.15) is 0 Å². The summed E-state index contributed by atoms with van der Waals surface area (Å²) in [5.74, 6) is -0.116. The zero-order chi connectivity index (χ0) is 25.7. The van der Waals surface area contributed by atoms with Crippen molar-refractivity contribution in [2.75, 3.05) is 0 Å². The van der Waals surface area contributed by atoms with Crippen LogP contribution in [0, 0.1) is 0 Å². The molecule has 0 spiro atoms. The summed E-state index contributed by atoms with van der Waals surface area (Å²) in [5, 5.41) is 14.5. The average molecular weight is 527 g/mol. The minimum Gasteiger partial charge on any atom is -0.388 e. The molecule has 0 unspecified atom stereocenters. The van der Waals surface area contributed by atoms with Gasteiger partial charge in [0, 0.05) is 20.8 Å². The topological polar surface area (TPSA) is 37.3 Å². The third-order valence-electron chi connectivity index (χ3n) is 7.86. The lowest BCUT2D eigenvalue weighted by atomic mass is 9.76. The van der Waals surface area contributed by atoms with Crippen molar-refractivity contribution in [3.8, 4) is 0 Å². The van der Waals surface area contributed by atoms with Gasteiger partial charge in [0.05, 0.1) is 11.3 Å². The predicted molar refractivity (Wildman–Crippen MR) is 158 cm³/mol. The molecular weight excluding hydrogens is 491 g/mol. The number of rotatable bonds is 8. The summed E-state index contributed by atoms with van der Waals surface area (Å²) < 4.78 is 15.9. The lowest BCUT2D eigenvalue weighted by Gasteiger charge is -2.50. The zero-order valence-corrected chi connectivity index (χ0v) is 23.0. The molecule has 1 aliphatic carbocycles. The summed E-state index contributed by atoms with van der Waals surface area (Å²) in [4.78, 5) is 1.15. The maximum absolute atomic E-state index is 15.9. The van der Waals surface area contributed by atoms with Gasteiger partial charge in [0.1, 0.15) is 7.14 Å². The maximum atomic E-state index is 15.9. The van der Waals surface area contributed by atoms with Crippen LogP contribution in [0.5, 0.6) is 0 Å². The minimum atomic E-state index is -3.30. The lowest BCUT2D eigenvalue weighted by Crippen LogP contribution is -2.56. The van der Waals surface area contributed by atoms with Crippen molar-refractivity contribution in [3.05, 3.63) is 127 Å². The Kier molecular flexibility index (Phi) is 8.05. The first kappa shape index (κ1) is 26.0. The molecule has 1 N–H and O–H groups in total. The highest BCUT2D eigenvalue weighted by atomic mass is 32.2. The van der Waals surface area contributed by atoms with Gasteiger partial charge in [-0.15, -0.1) is 11.8 Å². The number of thioether (sulfide) groups is 1. The number of benzene rings is 4. The first-order valence-electron chi connectivity index (χ1n) is 13.2. The third kappa shape index (κ3) is 5.23. The SMILES string of the molecule is C[C@H](c1ccccc1)[C@@H]([C@@]1(O)CCCC[C@H]1Sc1ccccc1)P(=O)(c1ccccc1)c1ccccc1. The highest BCUT2D eigenvalue weighted by Crippen LogP contribution is 2.61. The molecule has 4 atom stereocenters. The number of hydrogen-bond donors (Lipinski definition) is 1. The van der Waals surface area contributed by atoms with Crippen LogP contribution in [0.25, 0.3) is 0 Å². The van der Waals surface area contributed by atoms with Gasteiger partial charge < -0.3 is 9.67 Å². The van der Waals surface area contributed by atoms with Crippen LogP contribution in [-0.2, 0) is 4.57 Å². The summed E-state index contributed by atoms with van der Waals surface area (Å²) >= 11 is 1.75. The third-order valence-corrected chi connectivity index (χ3v) is 13.1. The standard InChI is InChI=1S/C33H35O2PS/c1-26(27-16-6-2-7-17-27)32(33(34)25-15-14-24-31(33)37-30-22-12-5-13-23-30)36(35,28-18-8-3-9-19-28)29-20-10-4-11-21-29/h2-13,16-23,26,31-32,34H,14-15,24-25H2,1H3/t26-,31-,32+,33-/m1/s1. The molecule has 5 rings (SSSR count). The zero-order valence-electron chi connectivity index (χ0n) is 21.3. The fraction of sp³-hybridized carbons (Fsp3) is 0.273. The molecular formula is C33H35O2PS. The Hall–Kier alpha value is -2.58. The van der Waals surface area contributed by atoms with Crippen LogP contribution in [-0.4, -0.2) is 21.6 Å². The second-order valence-electron chi connectivity index (χ2n) is 10.1. The molecule has 2 nitrogen and oxygen atoms in total. The van der Waals surface area contributed by atoms with Crippen LogP contribution in [0.4, 0.5) is 0 Å². The van der Waals surface area contributed by atoms with E-state index in [9.17, 15) is 5.11 Å². The van der Waals surface area contributed by atoms with Crippen LogP contribution in [0.1, 0.15) is 44.1 Å². The molecule has 1 aliphatic rings. The van der Waals surface area contributed by atoms with Crippen LogP contribution in [0.15, 0.2) is 126 Å². The molecule has 0 amide bonds. The van der Waals surface area contributed by atoms with Crippen molar-refractivity contribution < 1.29 is 9.67 Å². The highest BCUT2D eigenvalue weighted by molar-refractivity contribution is 8.00. The molecule has 4 aromatic rings. The Morgan fingerprint density at radius 3 is 1.78 bits per heavy atom. The van der Waals surface area contributed by atoms with E-state index < -0.39 is 18.4 Å². The van der Waals surface area contributed by atoms with Crippen molar-refractivity contribution in [1.29, 1.82) is 0 Å². The van der Waals surface area contributed by atoms with Gasteiger partial charge in [-0.05, 0) is 36.5 Å². The normalized spacial score (nSPS) is 21.7. The highest BCUT2D eigenvalue weighted by Gasteiger charge is 2.56. The van der Waals surface area contributed by atoms with E-state index in [0.717, 1.165) is 40.3 Å². The summed E-state index contributed by atoms with van der Waals surface area (Å²) in [6, 6.07) is 40.5. The van der Waals surface area contributed by atoms with E-state index in [2.05, 4.69) is 31.2 Å². The fourth-order valence-corrected chi connectivity index (χ4v) is 11.5. The second-order valence-corrected chi connectivity index (χ2v) is 14.3. The smallest absolute Gasteiger partial charge is 0.149 e. The predicted octanol–water partition coefficient (Wildman–Crippen LogP) is 7.64. The van der Waals surface area contributed by atoms with Gasteiger partial charge in [0.25, 0.3) is 0 Å². The van der Waals surface area contributed by atoms with Gasteiger partial charge in [0.15, 0.2) is 0 Å². The van der Waals surface area contributed by atoms with Crippen LogP contribution in [0.2, 0.25) is 0 Å². The van der Waals surface area contributed by atoms with Gasteiger partial charge in [-0.3, -0.25) is 0 Å². The van der Waals surface area contributed by atoms with Crippen LogP contribution < -0.4 is 10.6 Å². The minimum absolute atomic E-state index is 0.0550. The van der Waals surface area contributed by atoms with E-state index in [4.69, 9.17) is 0 Å². The number of hydrogen-bond acceptors (Lipinski definition) is 3. The monoisotopic (exact) mass is 526 g/mol. The molecule has 0 aromatic heterocycles. The van der Waals surface area contributed by atoms with E-state index >= 15 is 4.57 Å². The molecule has 0 radical (unpaired) electrons. The molecule has 0 saturated heterocycles. The van der Waals surface area contributed by atoms with E-state index in [1.165, 1.54) is 0 Å². The van der Waals surface area contributed by atoms with Gasteiger partial charge in [-0.1, -0.05) is 129 Å². The first-order valence-corrected chi connectivity index (χ1v) is 15.9. The number of aliphatic hydroxyl groups is 1. The van der Waals surface area contributed by atoms with Gasteiger partial charge in [0.2, 0.25) is 0 Å². The maximum Gasteiger partial charge on any atom is 0.149 e. The molecule has 190 valence electrons.